The van der Waals surface area contributed by atoms with Gasteiger partial charge in [-0.15, -0.1) is 0 Å². The Morgan fingerprint density at radius 3 is 2.37 bits per heavy atom. The van der Waals surface area contributed by atoms with Gasteiger partial charge >= 0.3 is 5.97 Å². The summed E-state index contributed by atoms with van der Waals surface area (Å²) >= 11 is 0. The zero-order chi connectivity index (χ0) is 13.8. The van der Waals surface area contributed by atoms with Crippen LogP contribution in [0.25, 0.3) is 0 Å². The molecule has 1 fully saturated rings. The summed E-state index contributed by atoms with van der Waals surface area (Å²) in [5.41, 5.74) is 0.904. The molecular weight excluding hydrogens is 238 g/mol. The number of likely N-dealkylation sites (tertiary alicyclic amines) is 1. The first-order valence-electron chi connectivity index (χ1n) is 7.06. The van der Waals surface area contributed by atoms with Crippen LogP contribution in [0.15, 0.2) is 30.3 Å². The van der Waals surface area contributed by atoms with E-state index in [0.29, 0.717) is 18.4 Å². The third-order valence-electron chi connectivity index (χ3n) is 3.89. The predicted molar refractivity (Wildman–Crippen MR) is 76.2 cm³/mol. The minimum atomic E-state index is -0.725. The Balaban J connectivity index is 2.07. The number of rotatable bonds is 4. The molecule has 3 unspecified atom stereocenters. The lowest BCUT2D eigenvalue weighted by atomic mass is 9.90. The van der Waals surface area contributed by atoms with E-state index in [4.69, 9.17) is 0 Å². The highest BCUT2D eigenvalue weighted by Crippen LogP contribution is 2.24. The minimum absolute atomic E-state index is 0.418. The maximum atomic E-state index is 11.5. The molecule has 1 aliphatic heterocycles. The lowest BCUT2D eigenvalue weighted by molar-refractivity contribution is -0.139. The molecule has 19 heavy (non-hydrogen) atoms. The first-order valence-corrected chi connectivity index (χ1v) is 7.06. The summed E-state index contributed by atoms with van der Waals surface area (Å²) in [4.78, 5) is 13.8. The topological polar surface area (TPSA) is 40.5 Å². The van der Waals surface area contributed by atoms with E-state index in [-0.39, 0.29) is 0 Å². The van der Waals surface area contributed by atoms with Gasteiger partial charge in [0, 0.05) is 19.6 Å². The molecule has 3 heteroatoms. The van der Waals surface area contributed by atoms with Crippen molar-refractivity contribution in [2.75, 3.05) is 19.6 Å². The van der Waals surface area contributed by atoms with Crippen molar-refractivity contribution in [2.45, 2.75) is 26.2 Å². The van der Waals surface area contributed by atoms with Crippen LogP contribution in [-0.4, -0.2) is 35.6 Å². The predicted octanol–water partition coefficient (Wildman–Crippen LogP) is 2.83. The maximum Gasteiger partial charge on any atom is 0.312 e. The van der Waals surface area contributed by atoms with Crippen LogP contribution in [0.3, 0.4) is 0 Å². The van der Waals surface area contributed by atoms with Gasteiger partial charge in [-0.3, -0.25) is 4.79 Å². The SMILES string of the molecule is CC1CC(C)CN(CC(C(=O)O)c2ccccc2)C1. The van der Waals surface area contributed by atoms with Crippen LogP contribution in [0.4, 0.5) is 0 Å². The molecule has 1 heterocycles. The minimum Gasteiger partial charge on any atom is -0.481 e. The molecule has 104 valence electrons. The summed E-state index contributed by atoms with van der Waals surface area (Å²) in [6.07, 6.45) is 1.25. The molecule has 0 aliphatic carbocycles. The number of hydrogen-bond donors (Lipinski definition) is 1. The molecule has 0 radical (unpaired) electrons. The first-order chi connectivity index (χ1) is 9.06. The molecule has 3 nitrogen and oxygen atoms in total. The zero-order valence-electron chi connectivity index (χ0n) is 11.7. The van der Waals surface area contributed by atoms with Crippen LogP contribution in [0, 0.1) is 11.8 Å². The van der Waals surface area contributed by atoms with E-state index in [0.717, 1.165) is 18.7 Å². The number of piperidine rings is 1. The molecule has 0 aromatic heterocycles. The number of carbonyl (C=O) groups is 1. The molecular formula is C16H23NO2. The van der Waals surface area contributed by atoms with Crippen LogP contribution in [-0.2, 0) is 4.79 Å². The number of hydrogen-bond acceptors (Lipinski definition) is 2. The lowest BCUT2D eigenvalue weighted by Gasteiger charge is -2.36. The Bertz CT molecular complexity index is 408. The highest BCUT2D eigenvalue weighted by molar-refractivity contribution is 5.76. The normalized spacial score (nSPS) is 26.0. The van der Waals surface area contributed by atoms with Crippen molar-refractivity contribution < 1.29 is 9.90 Å². The van der Waals surface area contributed by atoms with E-state index >= 15 is 0 Å². The van der Waals surface area contributed by atoms with Gasteiger partial charge in [0.15, 0.2) is 0 Å². The largest absolute Gasteiger partial charge is 0.481 e. The molecule has 0 spiro atoms. The molecule has 3 atom stereocenters. The van der Waals surface area contributed by atoms with Gasteiger partial charge in [0.2, 0.25) is 0 Å². The van der Waals surface area contributed by atoms with Gasteiger partial charge in [-0.25, -0.2) is 0 Å². The Hall–Kier alpha value is -1.35. The number of benzene rings is 1. The van der Waals surface area contributed by atoms with Crippen LogP contribution in [0.5, 0.6) is 0 Å². The van der Waals surface area contributed by atoms with Crippen molar-refractivity contribution >= 4 is 5.97 Å². The fraction of sp³-hybridized carbons (Fsp3) is 0.562. The molecule has 0 saturated carbocycles. The summed E-state index contributed by atoms with van der Waals surface area (Å²) in [5.74, 6) is 0.179. The van der Waals surface area contributed by atoms with Gasteiger partial charge in [0.1, 0.15) is 0 Å². The van der Waals surface area contributed by atoms with E-state index in [1.807, 2.05) is 30.3 Å². The van der Waals surface area contributed by atoms with E-state index in [1.165, 1.54) is 6.42 Å². The first kappa shape index (κ1) is 14.1. The molecule has 1 aliphatic rings. The van der Waals surface area contributed by atoms with Crippen LogP contribution in [0.2, 0.25) is 0 Å². The monoisotopic (exact) mass is 261 g/mol. The van der Waals surface area contributed by atoms with Crippen molar-refractivity contribution in [3.05, 3.63) is 35.9 Å². The van der Waals surface area contributed by atoms with Crippen molar-refractivity contribution in [1.29, 1.82) is 0 Å². The van der Waals surface area contributed by atoms with Crippen molar-refractivity contribution in [1.82, 2.24) is 4.90 Å². The van der Waals surface area contributed by atoms with Crippen molar-refractivity contribution in [2.24, 2.45) is 11.8 Å². The molecule has 2 rings (SSSR count). The second kappa shape index (κ2) is 6.20. The molecule has 1 aromatic rings. The summed E-state index contributed by atoms with van der Waals surface area (Å²) in [7, 11) is 0. The average Bonchev–Trinajstić information content (AvgIpc) is 2.35. The van der Waals surface area contributed by atoms with Crippen LogP contribution in [0.1, 0.15) is 31.7 Å². The van der Waals surface area contributed by atoms with Crippen molar-refractivity contribution in [3.63, 3.8) is 0 Å². The highest BCUT2D eigenvalue weighted by Gasteiger charge is 2.27. The van der Waals surface area contributed by atoms with Gasteiger partial charge < -0.3 is 10.0 Å². The summed E-state index contributed by atoms with van der Waals surface area (Å²) in [6, 6.07) is 9.57. The zero-order valence-corrected chi connectivity index (χ0v) is 11.7. The standard InChI is InChI=1S/C16H23NO2/c1-12-8-13(2)10-17(9-12)11-15(16(18)19)14-6-4-3-5-7-14/h3-7,12-13,15H,8-11H2,1-2H3,(H,18,19). The Kier molecular flexibility index (Phi) is 4.59. The highest BCUT2D eigenvalue weighted by atomic mass is 16.4. The lowest BCUT2D eigenvalue weighted by Crippen LogP contribution is -2.42. The average molecular weight is 261 g/mol. The Morgan fingerprint density at radius 2 is 1.84 bits per heavy atom. The van der Waals surface area contributed by atoms with E-state index in [9.17, 15) is 9.90 Å². The number of nitrogens with zero attached hydrogens (tertiary/aromatic N) is 1. The molecule has 1 aromatic carbocycles. The third kappa shape index (κ3) is 3.80. The number of carboxylic acids is 1. The van der Waals surface area contributed by atoms with Gasteiger partial charge in [-0.1, -0.05) is 44.2 Å². The second-order valence-corrected chi connectivity index (χ2v) is 5.97. The van der Waals surface area contributed by atoms with Gasteiger partial charge in [-0.05, 0) is 23.8 Å². The summed E-state index contributed by atoms with van der Waals surface area (Å²) in [5, 5.41) is 9.46. The van der Waals surface area contributed by atoms with Gasteiger partial charge in [0.25, 0.3) is 0 Å². The fourth-order valence-electron chi connectivity index (χ4n) is 3.21. The van der Waals surface area contributed by atoms with E-state index < -0.39 is 11.9 Å². The van der Waals surface area contributed by atoms with Crippen molar-refractivity contribution in [3.8, 4) is 0 Å². The quantitative estimate of drug-likeness (QED) is 0.906. The number of aliphatic carboxylic acids is 1. The van der Waals surface area contributed by atoms with E-state index in [2.05, 4.69) is 18.7 Å². The Labute approximate surface area is 115 Å². The van der Waals surface area contributed by atoms with Crippen LogP contribution < -0.4 is 0 Å². The molecule has 0 amide bonds. The molecule has 1 N–H and O–H groups in total. The third-order valence-corrected chi connectivity index (χ3v) is 3.89. The summed E-state index contributed by atoms with van der Waals surface area (Å²) in [6.45, 7) is 7.15. The summed E-state index contributed by atoms with van der Waals surface area (Å²) < 4.78 is 0. The smallest absolute Gasteiger partial charge is 0.312 e. The second-order valence-electron chi connectivity index (χ2n) is 5.97. The maximum absolute atomic E-state index is 11.5. The molecule has 0 bridgehead atoms. The Morgan fingerprint density at radius 1 is 1.26 bits per heavy atom. The fourth-order valence-corrected chi connectivity index (χ4v) is 3.21. The number of carboxylic acid groups (broad SMARTS) is 1. The van der Waals surface area contributed by atoms with Gasteiger partial charge in [0.05, 0.1) is 5.92 Å². The molecule has 1 saturated heterocycles. The van der Waals surface area contributed by atoms with Gasteiger partial charge in [-0.2, -0.15) is 0 Å². The van der Waals surface area contributed by atoms with Crippen LogP contribution >= 0.6 is 0 Å². The van der Waals surface area contributed by atoms with E-state index in [1.54, 1.807) is 0 Å².